The van der Waals surface area contributed by atoms with E-state index in [4.69, 9.17) is 0 Å². The molecule has 0 aromatic carbocycles. The van der Waals surface area contributed by atoms with Crippen molar-refractivity contribution in [2.75, 3.05) is 7.05 Å². The van der Waals surface area contributed by atoms with Crippen LogP contribution in [0.5, 0.6) is 0 Å². The molecule has 0 rings (SSSR count). The molecule has 0 fully saturated rings. The first-order valence-corrected chi connectivity index (χ1v) is 5.35. The van der Waals surface area contributed by atoms with Crippen LogP contribution in [-0.4, -0.2) is 13.3 Å². The first-order chi connectivity index (χ1) is 6.81. The lowest BCUT2D eigenvalue weighted by Crippen LogP contribution is -2.00. The number of hydrogen-bond donors (Lipinski definition) is 1. The smallest absolute Gasteiger partial charge is 0.117 e. The molecule has 2 heteroatoms. The molecule has 0 bridgehead atoms. The van der Waals surface area contributed by atoms with Gasteiger partial charge in [0.1, 0.15) is 5.82 Å². The number of rotatable bonds is 8. The predicted octanol–water partition coefficient (Wildman–Crippen LogP) is 3.27. The Morgan fingerprint density at radius 1 is 1.36 bits per heavy atom. The van der Waals surface area contributed by atoms with Crippen LogP contribution in [0.4, 0.5) is 0 Å². The van der Waals surface area contributed by atoms with Crippen molar-refractivity contribution in [1.82, 2.24) is 5.32 Å². The van der Waals surface area contributed by atoms with Crippen molar-refractivity contribution in [3.63, 3.8) is 0 Å². The highest BCUT2D eigenvalue weighted by molar-refractivity contribution is 5.60. The van der Waals surface area contributed by atoms with Crippen molar-refractivity contribution in [3.8, 4) is 0 Å². The van der Waals surface area contributed by atoms with E-state index >= 15 is 0 Å². The highest BCUT2D eigenvalue weighted by atomic mass is 15.0. The monoisotopic (exact) mass is 194 g/mol. The van der Waals surface area contributed by atoms with Gasteiger partial charge in [0.25, 0.3) is 0 Å². The van der Waals surface area contributed by atoms with Crippen molar-refractivity contribution >= 4 is 6.21 Å². The summed E-state index contributed by atoms with van der Waals surface area (Å²) in [7, 11) is 1.82. The summed E-state index contributed by atoms with van der Waals surface area (Å²) in [6, 6.07) is 0. The molecular weight excluding hydrogens is 172 g/mol. The molecule has 0 aliphatic rings. The van der Waals surface area contributed by atoms with Gasteiger partial charge in [-0.2, -0.15) is 0 Å². The second-order valence-corrected chi connectivity index (χ2v) is 3.21. The molecule has 0 aromatic heterocycles. The average Bonchev–Trinajstić information content (AvgIpc) is 2.21. The third-order valence-electron chi connectivity index (χ3n) is 1.92. The Morgan fingerprint density at radius 3 is 2.79 bits per heavy atom. The largest absolute Gasteiger partial charge is 0.374 e. The molecule has 2 nitrogen and oxygen atoms in total. The first-order valence-electron chi connectivity index (χ1n) is 5.35. The van der Waals surface area contributed by atoms with E-state index in [0.717, 1.165) is 6.42 Å². The zero-order chi connectivity index (χ0) is 10.6. The molecule has 0 saturated heterocycles. The zero-order valence-electron chi connectivity index (χ0n) is 9.42. The summed E-state index contributed by atoms with van der Waals surface area (Å²) in [6.07, 6.45) is 12.3. The second kappa shape index (κ2) is 10.0. The minimum absolute atomic E-state index is 0.712. The molecular formula is C12H22N2. The predicted molar refractivity (Wildman–Crippen MR) is 64.6 cm³/mol. The lowest BCUT2D eigenvalue weighted by Gasteiger charge is -1.93. The van der Waals surface area contributed by atoms with Gasteiger partial charge in [0.05, 0.1) is 0 Å². The van der Waals surface area contributed by atoms with Crippen molar-refractivity contribution in [3.05, 3.63) is 24.6 Å². The Labute approximate surface area is 87.8 Å². The summed E-state index contributed by atoms with van der Waals surface area (Å²) in [6.45, 7) is 5.92. The van der Waals surface area contributed by atoms with E-state index in [2.05, 4.69) is 36.0 Å². The number of aliphatic imine (C=N–C) groups is 1. The van der Waals surface area contributed by atoms with E-state index in [1.54, 1.807) is 0 Å². The summed E-state index contributed by atoms with van der Waals surface area (Å²) in [5.41, 5.74) is 0. The number of nitrogens with zero attached hydrogens (tertiary/aromatic N) is 1. The Morgan fingerprint density at radius 2 is 2.14 bits per heavy atom. The molecule has 0 aliphatic carbocycles. The van der Waals surface area contributed by atoms with Crippen LogP contribution in [0, 0.1) is 0 Å². The Hall–Kier alpha value is -1.05. The molecule has 14 heavy (non-hydrogen) atoms. The van der Waals surface area contributed by atoms with E-state index < -0.39 is 0 Å². The minimum Gasteiger partial charge on any atom is -0.374 e. The van der Waals surface area contributed by atoms with E-state index in [9.17, 15) is 0 Å². The molecule has 0 radical (unpaired) electrons. The quantitative estimate of drug-likeness (QED) is 0.358. The summed E-state index contributed by atoms with van der Waals surface area (Å²) in [5.74, 6) is 0.712. The van der Waals surface area contributed by atoms with E-state index in [0.29, 0.717) is 5.82 Å². The summed E-state index contributed by atoms with van der Waals surface area (Å²) in [4.78, 5) is 4.09. The maximum atomic E-state index is 4.09. The maximum absolute atomic E-state index is 4.09. The van der Waals surface area contributed by atoms with Gasteiger partial charge < -0.3 is 5.32 Å². The third-order valence-corrected chi connectivity index (χ3v) is 1.92. The number of allylic oxidation sites excluding steroid dienone is 2. The van der Waals surface area contributed by atoms with Crippen LogP contribution in [0.1, 0.15) is 39.0 Å². The van der Waals surface area contributed by atoms with Gasteiger partial charge in [-0.3, -0.25) is 0 Å². The summed E-state index contributed by atoms with van der Waals surface area (Å²) in [5, 5.41) is 2.87. The highest BCUT2D eigenvalue weighted by Crippen LogP contribution is 1.99. The molecule has 0 unspecified atom stereocenters. The molecule has 1 N–H and O–H groups in total. The second-order valence-electron chi connectivity index (χ2n) is 3.21. The van der Waals surface area contributed by atoms with Crippen LogP contribution >= 0.6 is 0 Å². The van der Waals surface area contributed by atoms with Crippen LogP contribution in [0.25, 0.3) is 0 Å². The van der Waals surface area contributed by atoms with Crippen LogP contribution in [0.3, 0.4) is 0 Å². The summed E-state index contributed by atoms with van der Waals surface area (Å²) < 4.78 is 0. The maximum Gasteiger partial charge on any atom is 0.117 e. The number of nitrogens with one attached hydrogen (secondary N) is 1. The third kappa shape index (κ3) is 9.04. The molecule has 0 spiro atoms. The Kier molecular flexibility index (Phi) is 9.28. The zero-order valence-corrected chi connectivity index (χ0v) is 9.42. The van der Waals surface area contributed by atoms with Gasteiger partial charge in [0.2, 0.25) is 0 Å². The fourth-order valence-electron chi connectivity index (χ4n) is 1.01. The number of unbranched alkanes of at least 4 members (excludes halogenated alkanes) is 3. The van der Waals surface area contributed by atoms with Crippen LogP contribution in [0.15, 0.2) is 29.5 Å². The van der Waals surface area contributed by atoms with Gasteiger partial charge in [-0.05, 0) is 12.8 Å². The fourth-order valence-corrected chi connectivity index (χ4v) is 1.01. The van der Waals surface area contributed by atoms with Gasteiger partial charge >= 0.3 is 0 Å². The topological polar surface area (TPSA) is 24.4 Å². The highest BCUT2D eigenvalue weighted by Gasteiger charge is 1.81. The van der Waals surface area contributed by atoms with Crippen molar-refractivity contribution in [1.29, 1.82) is 0 Å². The van der Waals surface area contributed by atoms with Gasteiger partial charge in [-0.15, -0.1) is 0 Å². The van der Waals surface area contributed by atoms with Gasteiger partial charge in [0.15, 0.2) is 0 Å². The van der Waals surface area contributed by atoms with Crippen molar-refractivity contribution < 1.29 is 0 Å². The minimum atomic E-state index is 0.712. The fraction of sp³-hybridized carbons (Fsp3) is 0.583. The van der Waals surface area contributed by atoms with Gasteiger partial charge in [-0.1, -0.05) is 38.5 Å². The average molecular weight is 194 g/mol. The van der Waals surface area contributed by atoms with Crippen LogP contribution in [-0.2, 0) is 0 Å². The molecule has 0 saturated carbocycles. The van der Waals surface area contributed by atoms with Crippen LogP contribution in [0.2, 0.25) is 0 Å². The SMILES string of the molecule is C=C(N=CC/C=C\CCCCC)NC. The molecule has 0 atom stereocenters. The van der Waals surface area contributed by atoms with Gasteiger partial charge in [0, 0.05) is 19.7 Å². The van der Waals surface area contributed by atoms with Crippen molar-refractivity contribution in [2.45, 2.75) is 39.0 Å². The molecule has 80 valence electrons. The molecule has 0 heterocycles. The lowest BCUT2D eigenvalue weighted by molar-refractivity contribution is 0.728. The van der Waals surface area contributed by atoms with E-state index in [-0.39, 0.29) is 0 Å². The standard InChI is InChI=1S/C12H22N2/c1-4-5-6-7-8-9-10-11-14-12(2)13-3/h8-9,11,13H,2,4-7,10H2,1,3H3/b9-8-,14-11?. The van der Waals surface area contributed by atoms with E-state index in [1.807, 2.05) is 13.3 Å². The Balaban J connectivity index is 3.34. The molecule has 0 aromatic rings. The molecule has 0 aliphatic heterocycles. The lowest BCUT2D eigenvalue weighted by atomic mass is 10.2. The molecule has 0 amide bonds. The first kappa shape index (κ1) is 12.9. The van der Waals surface area contributed by atoms with Gasteiger partial charge in [-0.25, -0.2) is 4.99 Å². The van der Waals surface area contributed by atoms with Crippen LogP contribution < -0.4 is 5.32 Å². The van der Waals surface area contributed by atoms with Crippen molar-refractivity contribution in [2.24, 2.45) is 4.99 Å². The summed E-state index contributed by atoms with van der Waals surface area (Å²) >= 11 is 0. The normalized spacial score (nSPS) is 11.3. The number of hydrogen-bond acceptors (Lipinski definition) is 2. The Bertz CT molecular complexity index is 192. The van der Waals surface area contributed by atoms with E-state index in [1.165, 1.54) is 25.7 Å².